The highest BCUT2D eigenvalue weighted by atomic mass is 15.1. The molecule has 0 spiro atoms. The average Bonchev–Trinajstić information content (AvgIpc) is 3.47. The molecule has 1 fully saturated rings. The molecule has 0 aliphatic carbocycles. The van der Waals surface area contributed by atoms with Crippen LogP contribution in [0.25, 0.3) is 22.2 Å². The molecule has 30 heavy (non-hydrogen) atoms. The van der Waals surface area contributed by atoms with E-state index in [1.165, 1.54) is 46.3 Å². The summed E-state index contributed by atoms with van der Waals surface area (Å²) in [4.78, 5) is 13.9. The predicted octanol–water partition coefficient (Wildman–Crippen LogP) is 5.09. The van der Waals surface area contributed by atoms with Crippen LogP contribution in [0.2, 0.25) is 0 Å². The first-order valence-corrected chi connectivity index (χ1v) is 11.0. The van der Waals surface area contributed by atoms with E-state index in [4.69, 9.17) is 0 Å². The Kier molecular flexibility index (Phi) is 4.95. The van der Waals surface area contributed by atoms with Crippen LogP contribution in [0, 0.1) is 6.92 Å². The van der Waals surface area contributed by atoms with Gasteiger partial charge in [-0.15, -0.1) is 0 Å². The highest BCUT2D eigenvalue weighted by Crippen LogP contribution is 2.38. The van der Waals surface area contributed by atoms with E-state index in [1.807, 2.05) is 25.5 Å². The molecule has 0 amide bonds. The summed E-state index contributed by atoms with van der Waals surface area (Å²) in [6, 6.07) is 7.02. The maximum Gasteiger partial charge on any atom is 0.103 e. The van der Waals surface area contributed by atoms with Crippen LogP contribution in [0.3, 0.4) is 0 Å². The number of likely N-dealkylation sites (tertiary alicyclic amines) is 1. The van der Waals surface area contributed by atoms with E-state index in [0.717, 1.165) is 31.0 Å². The molecule has 6 nitrogen and oxygen atoms in total. The second kappa shape index (κ2) is 7.76. The Bertz CT molecular complexity index is 1130. The molecule has 4 heterocycles. The maximum atomic E-state index is 4.33. The molecular weight excluding hydrogens is 372 g/mol. The highest BCUT2D eigenvalue weighted by molar-refractivity contribution is 5.91. The first-order valence-electron chi connectivity index (χ1n) is 11.0. The van der Waals surface area contributed by atoms with Gasteiger partial charge in [0.25, 0.3) is 0 Å². The van der Waals surface area contributed by atoms with Crippen molar-refractivity contribution in [2.75, 3.05) is 13.1 Å². The van der Waals surface area contributed by atoms with E-state index in [9.17, 15) is 0 Å². The molecule has 0 radical (unpaired) electrons. The summed E-state index contributed by atoms with van der Waals surface area (Å²) in [6.07, 6.45) is 8.23. The molecule has 1 aromatic carbocycles. The van der Waals surface area contributed by atoms with E-state index in [-0.39, 0.29) is 0 Å². The van der Waals surface area contributed by atoms with E-state index in [1.54, 1.807) is 0 Å². The number of piperidine rings is 1. The van der Waals surface area contributed by atoms with Crippen LogP contribution in [0.1, 0.15) is 61.2 Å². The highest BCUT2D eigenvalue weighted by Gasteiger charge is 2.23. The van der Waals surface area contributed by atoms with Crippen LogP contribution in [-0.4, -0.2) is 43.1 Å². The van der Waals surface area contributed by atoms with Gasteiger partial charge in [0.15, 0.2) is 0 Å². The smallest absolute Gasteiger partial charge is 0.103 e. The number of hydrogen-bond donors (Lipinski definition) is 3. The number of rotatable bonds is 5. The number of H-pyrrole nitrogens is 3. The fraction of sp³-hybridized carbons (Fsp3) is 0.417. The van der Waals surface area contributed by atoms with Gasteiger partial charge in [-0.05, 0) is 68.0 Å². The van der Waals surface area contributed by atoms with Crippen molar-refractivity contribution < 1.29 is 0 Å². The second-order valence-corrected chi connectivity index (χ2v) is 8.90. The average molecular weight is 403 g/mol. The van der Waals surface area contributed by atoms with Crippen molar-refractivity contribution in [2.24, 2.45) is 0 Å². The molecule has 156 valence electrons. The zero-order chi connectivity index (χ0) is 20.7. The lowest BCUT2D eigenvalue weighted by atomic mass is 9.87. The summed E-state index contributed by atoms with van der Waals surface area (Å²) >= 11 is 0. The van der Waals surface area contributed by atoms with E-state index in [2.05, 4.69) is 62.1 Å². The molecule has 1 saturated heterocycles. The molecule has 3 aromatic heterocycles. The van der Waals surface area contributed by atoms with Gasteiger partial charge in [-0.2, -0.15) is 5.10 Å². The Morgan fingerprint density at radius 2 is 1.97 bits per heavy atom. The lowest BCUT2D eigenvalue weighted by molar-refractivity contribution is 0.203. The SMILES string of the molecule is Cc1ncc(CN2CCC(c3ccc4[nH]c(-c5cn[nH]c5)c(C(C)C)c4c3)CC2)[nH]1. The molecule has 0 atom stereocenters. The minimum absolute atomic E-state index is 0.443. The number of aromatic amines is 3. The standard InChI is InChI=1S/C24H30N6/c1-15(2)23-21-10-18(4-5-22(21)29-24(23)19-11-26-27-12-19)17-6-8-30(9-7-17)14-20-13-25-16(3)28-20/h4-5,10-13,15,17,29H,6-9,14H2,1-3H3,(H,25,28)(H,26,27). The summed E-state index contributed by atoms with van der Waals surface area (Å²) in [6.45, 7) is 9.78. The Morgan fingerprint density at radius 3 is 2.63 bits per heavy atom. The molecule has 6 heteroatoms. The number of nitrogens with zero attached hydrogens (tertiary/aromatic N) is 3. The van der Waals surface area contributed by atoms with Gasteiger partial charge in [0, 0.05) is 41.1 Å². The quantitative estimate of drug-likeness (QED) is 0.435. The fourth-order valence-electron chi connectivity index (χ4n) is 4.92. The monoisotopic (exact) mass is 402 g/mol. The zero-order valence-electron chi connectivity index (χ0n) is 18.0. The van der Waals surface area contributed by atoms with Gasteiger partial charge < -0.3 is 9.97 Å². The summed E-state index contributed by atoms with van der Waals surface area (Å²) in [5.74, 6) is 2.07. The topological polar surface area (TPSA) is 76.4 Å². The third-order valence-corrected chi connectivity index (χ3v) is 6.44. The minimum Gasteiger partial charge on any atom is -0.354 e. The molecule has 4 aromatic rings. The number of imidazole rings is 1. The number of aromatic nitrogens is 5. The van der Waals surface area contributed by atoms with Gasteiger partial charge in [0.05, 0.1) is 11.9 Å². The van der Waals surface area contributed by atoms with Crippen molar-refractivity contribution in [3.63, 3.8) is 0 Å². The summed E-state index contributed by atoms with van der Waals surface area (Å²) in [5.41, 5.74) is 7.60. The number of aryl methyl sites for hydroxylation is 1. The Labute approximate surface area is 177 Å². The number of benzene rings is 1. The van der Waals surface area contributed by atoms with Crippen LogP contribution < -0.4 is 0 Å². The third-order valence-electron chi connectivity index (χ3n) is 6.44. The van der Waals surface area contributed by atoms with Gasteiger partial charge in [-0.25, -0.2) is 4.98 Å². The molecular formula is C24H30N6. The Morgan fingerprint density at radius 1 is 1.13 bits per heavy atom. The van der Waals surface area contributed by atoms with Gasteiger partial charge in [-0.1, -0.05) is 19.9 Å². The largest absolute Gasteiger partial charge is 0.354 e. The molecule has 0 bridgehead atoms. The molecule has 0 saturated carbocycles. The van der Waals surface area contributed by atoms with Crippen molar-refractivity contribution in [1.29, 1.82) is 0 Å². The van der Waals surface area contributed by atoms with Gasteiger partial charge >= 0.3 is 0 Å². The summed E-state index contributed by atoms with van der Waals surface area (Å²) in [7, 11) is 0. The van der Waals surface area contributed by atoms with Gasteiger partial charge in [0.2, 0.25) is 0 Å². The van der Waals surface area contributed by atoms with Crippen molar-refractivity contribution in [3.05, 3.63) is 59.4 Å². The van der Waals surface area contributed by atoms with Crippen molar-refractivity contribution in [3.8, 4) is 11.3 Å². The fourth-order valence-corrected chi connectivity index (χ4v) is 4.92. The number of nitrogens with one attached hydrogen (secondary N) is 3. The molecule has 1 aliphatic heterocycles. The van der Waals surface area contributed by atoms with Crippen molar-refractivity contribution >= 4 is 10.9 Å². The summed E-state index contributed by atoms with van der Waals surface area (Å²) in [5, 5.41) is 8.44. The van der Waals surface area contributed by atoms with Crippen molar-refractivity contribution in [1.82, 2.24) is 30.0 Å². The predicted molar refractivity (Wildman–Crippen MR) is 121 cm³/mol. The van der Waals surface area contributed by atoms with E-state index in [0.29, 0.717) is 11.8 Å². The molecule has 1 aliphatic rings. The normalized spacial score (nSPS) is 16.1. The van der Waals surface area contributed by atoms with Gasteiger partial charge in [-0.3, -0.25) is 10.00 Å². The summed E-state index contributed by atoms with van der Waals surface area (Å²) < 4.78 is 0. The van der Waals surface area contributed by atoms with E-state index >= 15 is 0 Å². The van der Waals surface area contributed by atoms with Crippen LogP contribution in [0.5, 0.6) is 0 Å². The Hall–Kier alpha value is -2.86. The first kappa shape index (κ1) is 19.1. The lowest BCUT2D eigenvalue weighted by Gasteiger charge is -2.32. The third kappa shape index (κ3) is 3.56. The Balaban J connectivity index is 1.37. The van der Waals surface area contributed by atoms with Crippen molar-refractivity contribution in [2.45, 2.75) is 52.0 Å². The zero-order valence-corrected chi connectivity index (χ0v) is 18.0. The first-order chi connectivity index (χ1) is 14.6. The van der Waals surface area contributed by atoms with Crippen LogP contribution in [-0.2, 0) is 6.54 Å². The van der Waals surface area contributed by atoms with Crippen LogP contribution >= 0.6 is 0 Å². The molecule has 0 unspecified atom stereocenters. The minimum atomic E-state index is 0.443. The molecule has 5 rings (SSSR count). The van der Waals surface area contributed by atoms with Crippen LogP contribution in [0.15, 0.2) is 36.8 Å². The maximum absolute atomic E-state index is 4.33. The van der Waals surface area contributed by atoms with E-state index < -0.39 is 0 Å². The number of hydrogen-bond acceptors (Lipinski definition) is 3. The van der Waals surface area contributed by atoms with Gasteiger partial charge in [0.1, 0.15) is 5.82 Å². The lowest BCUT2D eigenvalue weighted by Crippen LogP contribution is -2.32. The molecule has 3 N–H and O–H groups in total. The second-order valence-electron chi connectivity index (χ2n) is 8.90. The van der Waals surface area contributed by atoms with Crippen LogP contribution in [0.4, 0.5) is 0 Å². The number of fused-ring (bicyclic) bond motifs is 1.